The van der Waals surface area contributed by atoms with Crippen molar-refractivity contribution in [1.82, 2.24) is 15.0 Å². The van der Waals surface area contributed by atoms with Crippen molar-refractivity contribution >= 4 is 29.1 Å². The van der Waals surface area contributed by atoms with Gasteiger partial charge in [0.05, 0.1) is 5.69 Å². The standard InChI is InChI=1S/C28H31ClN4O3/c1-20-16-25(30-36-20)28(35)32-15-14-31(18-21-6-3-2-4-7-21)12-5-13-33(27(34)22-8-9-22)26-17-24(29)11-10-23(26)19-32/h2-4,6-7,10-11,16-17,22H,5,8-9,12-15,18-19H2,1H3. The van der Waals surface area contributed by atoms with E-state index in [1.807, 2.05) is 41.3 Å². The molecule has 0 radical (unpaired) electrons. The highest BCUT2D eigenvalue weighted by molar-refractivity contribution is 6.31. The van der Waals surface area contributed by atoms with Crippen molar-refractivity contribution in [3.8, 4) is 0 Å². The Kier molecular flexibility index (Phi) is 7.39. The van der Waals surface area contributed by atoms with Gasteiger partial charge in [-0.2, -0.15) is 0 Å². The lowest BCUT2D eigenvalue weighted by atomic mass is 10.1. The Labute approximate surface area is 216 Å². The van der Waals surface area contributed by atoms with Crippen molar-refractivity contribution in [3.63, 3.8) is 0 Å². The minimum absolute atomic E-state index is 0.0817. The Hall–Kier alpha value is -3.16. The van der Waals surface area contributed by atoms with Gasteiger partial charge < -0.3 is 14.3 Å². The number of carbonyl (C=O) groups is 2. The maximum Gasteiger partial charge on any atom is 0.276 e. The predicted octanol–water partition coefficient (Wildman–Crippen LogP) is 4.93. The number of nitrogens with zero attached hydrogens (tertiary/aromatic N) is 4. The monoisotopic (exact) mass is 506 g/mol. The third-order valence-electron chi connectivity index (χ3n) is 6.82. The van der Waals surface area contributed by atoms with Crippen molar-refractivity contribution < 1.29 is 14.1 Å². The van der Waals surface area contributed by atoms with Crippen LogP contribution >= 0.6 is 11.6 Å². The molecule has 5 rings (SSSR count). The summed E-state index contributed by atoms with van der Waals surface area (Å²) in [6, 6.07) is 17.6. The zero-order valence-corrected chi connectivity index (χ0v) is 21.3. The molecule has 1 aliphatic carbocycles. The zero-order chi connectivity index (χ0) is 25.1. The lowest BCUT2D eigenvalue weighted by molar-refractivity contribution is -0.119. The fourth-order valence-corrected chi connectivity index (χ4v) is 4.90. The minimum Gasteiger partial charge on any atom is -0.361 e. The number of hydrogen-bond donors (Lipinski definition) is 0. The van der Waals surface area contributed by atoms with Gasteiger partial charge in [0.15, 0.2) is 5.69 Å². The first-order valence-electron chi connectivity index (χ1n) is 12.6. The third-order valence-corrected chi connectivity index (χ3v) is 7.05. The zero-order valence-electron chi connectivity index (χ0n) is 20.5. The van der Waals surface area contributed by atoms with E-state index in [-0.39, 0.29) is 17.7 Å². The Balaban J connectivity index is 1.48. The van der Waals surface area contributed by atoms with Gasteiger partial charge in [-0.05, 0) is 49.4 Å². The molecule has 0 bridgehead atoms. The third kappa shape index (κ3) is 5.79. The maximum absolute atomic E-state index is 13.5. The number of anilines is 1. The topological polar surface area (TPSA) is 69.9 Å². The van der Waals surface area contributed by atoms with Crippen molar-refractivity contribution in [2.75, 3.05) is 31.1 Å². The fourth-order valence-electron chi connectivity index (χ4n) is 4.74. The predicted molar refractivity (Wildman–Crippen MR) is 139 cm³/mol. The molecule has 36 heavy (non-hydrogen) atoms. The van der Waals surface area contributed by atoms with Crippen LogP contribution in [-0.2, 0) is 17.9 Å². The van der Waals surface area contributed by atoms with Crippen LogP contribution in [0.4, 0.5) is 5.69 Å². The normalized spacial score (nSPS) is 17.4. The van der Waals surface area contributed by atoms with Gasteiger partial charge in [0.2, 0.25) is 5.91 Å². The van der Waals surface area contributed by atoms with Crippen LogP contribution in [0.2, 0.25) is 5.02 Å². The average Bonchev–Trinajstić information content (AvgIpc) is 3.64. The average molecular weight is 507 g/mol. The number of hydrogen-bond acceptors (Lipinski definition) is 5. The molecule has 2 heterocycles. The lowest BCUT2D eigenvalue weighted by Crippen LogP contribution is -2.38. The highest BCUT2D eigenvalue weighted by atomic mass is 35.5. The second-order valence-corrected chi connectivity index (χ2v) is 10.1. The fraction of sp³-hybridized carbons (Fsp3) is 0.393. The SMILES string of the molecule is Cc1cc(C(=O)N2CCN(Cc3ccccc3)CCCN(C(=O)C3CC3)c3cc(Cl)ccc3C2)no1. The van der Waals surface area contributed by atoms with Gasteiger partial charge in [0.1, 0.15) is 5.76 Å². The molecule has 7 nitrogen and oxygen atoms in total. The molecule has 3 aromatic rings. The van der Waals surface area contributed by atoms with Crippen LogP contribution in [0.1, 0.15) is 46.6 Å². The summed E-state index contributed by atoms with van der Waals surface area (Å²) >= 11 is 6.40. The van der Waals surface area contributed by atoms with Gasteiger partial charge in [0, 0.05) is 56.3 Å². The van der Waals surface area contributed by atoms with Crippen molar-refractivity contribution in [3.05, 3.63) is 82.2 Å². The molecule has 188 valence electrons. The van der Waals surface area contributed by atoms with Crippen LogP contribution in [0.25, 0.3) is 0 Å². The van der Waals surface area contributed by atoms with Crippen LogP contribution in [-0.4, -0.2) is 52.9 Å². The summed E-state index contributed by atoms with van der Waals surface area (Å²) in [5.74, 6) is 0.637. The minimum atomic E-state index is -0.188. The lowest BCUT2D eigenvalue weighted by Gasteiger charge is -2.28. The molecular formula is C28H31ClN4O3. The Morgan fingerprint density at radius 1 is 1.03 bits per heavy atom. The van der Waals surface area contributed by atoms with E-state index in [1.165, 1.54) is 5.56 Å². The number of carbonyl (C=O) groups excluding carboxylic acids is 2. The number of benzene rings is 2. The molecule has 0 spiro atoms. The largest absolute Gasteiger partial charge is 0.361 e. The first-order chi connectivity index (χ1) is 17.5. The maximum atomic E-state index is 13.5. The van der Waals surface area contributed by atoms with Crippen LogP contribution in [0, 0.1) is 12.8 Å². The number of amides is 2. The van der Waals surface area contributed by atoms with Crippen LogP contribution in [0.5, 0.6) is 0 Å². The second-order valence-electron chi connectivity index (χ2n) is 9.70. The first-order valence-corrected chi connectivity index (χ1v) is 12.9. The summed E-state index contributed by atoms with van der Waals surface area (Å²) in [6.45, 7) is 5.56. The summed E-state index contributed by atoms with van der Waals surface area (Å²) in [7, 11) is 0. The van der Waals surface area contributed by atoms with E-state index < -0.39 is 0 Å². The summed E-state index contributed by atoms with van der Waals surface area (Å²) in [6.07, 6.45) is 2.69. The summed E-state index contributed by atoms with van der Waals surface area (Å²) in [4.78, 5) is 32.9. The molecule has 1 saturated carbocycles. The number of aromatic nitrogens is 1. The van der Waals surface area contributed by atoms with Crippen LogP contribution in [0.3, 0.4) is 0 Å². The van der Waals surface area contributed by atoms with Crippen LogP contribution < -0.4 is 4.90 Å². The quantitative estimate of drug-likeness (QED) is 0.502. The summed E-state index contributed by atoms with van der Waals surface area (Å²) in [5.41, 5.74) is 3.21. The highest BCUT2D eigenvalue weighted by Crippen LogP contribution is 2.35. The molecule has 1 aliphatic heterocycles. The van der Waals surface area contributed by atoms with Gasteiger partial charge in [-0.1, -0.05) is 53.2 Å². The Morgan fingerprint density at radius 2 is 1.83 bits per heavy atom. The number of halogens is 1. The Bertz CT molecular complexity index is 1220. The van der Waals surface area contributed by atoms with E-state index in [9.17, 15) is 9.59 Å². The van der Waals surface area contributed by atoms with E-state index in [1.54, 1.807) is 17.9 Å². The van der Waals surface area contributed by atoms with Crippen LogP contribution in [0.15, 0.2) is 59.1 Å². The van der Waals surface area contributed by atoms with Gasteiger partial charge in [-0.3, -0.25) is 14.5 Å². The van der Waals surface area contributed by atoms with Gasteiger partial charge in [0.25, 0.3) is 5.91 Å². The smallest absolute Gasteiger partial charge is 0.276 e. The van der Waals surface area contributed by atoms with E-state index in [0.29, 0.717) is 42.7 Å². The molecule has 0 N–H and O–H groups in total. The molecule has 2 amide bonds. The molecule has 1 fully saturated rings. The number of fused-ring (bicyclic) bond motifs is 1. The van der Waals surface area contributed by atoms with Gasteiger partial charge in [-0.25, -0.2) is 0 Å². The molecule has 0 unspecified atom stereocenters. The van der Waals surface area contributed by atoms with Crippen molar-refractivity contribution in [2.45, 2.75) is 39.3 Å². The summed E-state index contributed by atoms with van der Waals surface area (Å²) in [5, 5.41) is 4.55. The molecule has 2 aliphatic rings. The molecule has 1 aromatic heterocycles. The van der Waals surface area contributed by atoms with Crippen molar-refractivity contribution in [2.24, 2.45) is 5.92 Å². The second kappa shape index (κ2) is 10.8. The number of aryl methyl sites for hydroxylation is 1. The number of rotatable bonds is 4. The highest BCUT2D eigenvalue weighted by Gasteiger charge is 2.35. The first kappa shape index (κ1) is 24.5. The molecule has 8 heteroatoms. The molecule has 0 atom stereocenters. The Morgan fingerprint density at radius 3 is 2.56 bits per heavy atom. The van der Waals surface area contributed by atoms with E-state index in [2.05, 4.69) is 22.2 Å². The molecule has 0 saturated heterocycles. The summed E-state index contributed by atoms with van der Waals surface area (Å²) < 4.78 is 5.19. The van der Waals surface area contributed by atoms with E-state index >= 15 is 0 Å². The molecular weight excluding hydrogens is 476 g/mol. The van der Waals surface area contributed by atoms with E-state index in [4.69, 9.17) is 16.1 Å². The van der Waals surface area contributed by atoms with Gasteiger partial charge in [-0.15, -0.1) is 0 Å². The van der Waals surface area contributed by atoms with E-state index in [0.717, 1.165) is 43.6 Å². The van der Waals surface area contributed by atoms with Gasteiger partial charge >= 0.3 is 0 Å². The van der Waals surface area contributed by atoms with Crippen molar-refractivity contribution in [1.29, 1.82) is 0 Å². The molecule has 2 aromatic carbocycles.